The van der Waals surface area contributed by atoms with E-state index in [0.717, 1.165) is 56.5 Å². The minimum atomic E-state index is 0.408. The van der Waals surface area contributed by atoms with Crippen molar-refractivity contribution in [3.05, 3.63) is 151 Å². The molecule has 0 spiro atoms. The van der Waals surface area contributed by atoms with Crippen LogP contribution in [0.2, 0.25) is 0 Å². The molecule has 288 valence electrons. The van der Waals surface area contributed by atoms with Crippen LogP contribution < -0.4 is 4.74 Å². The van der Waals surface area contributed by atoms with E-state index in [9.17, 15) is 0 Å². The Labute approximate surface area is 349 Å². The molecule has 10 aromatic carbocycles. The van der Waals surface area contributed by atoms with Gasteiger partial charge in [-0.1, -0.05) is 154 Å². The summed E-state index contributed by atoms with van der Waals surface area (Å²) in [6, 6.07) is 51.9. The Morgan fingerprint density at radius 2 is 1.03 bits per heavy atom. The molecule has 60 heavy (non-hydrogen) atoms. The summed E-state index contributed by atoms with van der Waals surface area (Å²) < 4.78 is 12.8. The highest BCUT2D eigenvalue weighted by Crippen LogP contribution is 2.46. The maximum Gasteiger partial charge on any atom is 0.248 e. The standard InChI is InChI=1S/C56H42N2O2/c1-3-5-6-7-8-9-32-59-44-26-20-42(21-27-44)55-57-58-56(60-55)49-34-43(45-28-22-40-18-16-36-12-10-14-38-23-29-46(45)53(40)50(36)38)33-35(4-2)52(49)47-30-25-41-19-17-37-13-11-15-39-24-31-48(47)54(41)51(37)39/h2,10-31,33-34H,3,5-9,32H2,1H3. The van der Waals surface area contributed by atoms with E-state index >= 15 is 0 Å². The van der Waals surface area contributed by atoms with Gasteiger partial charge in [0.15, 0.2) is 0 Å². The Morgan fingerprint density at radius 1 is 0.500 bits per heavy atom. The van der Waals surface area contributed by atoms with E-state index in [1.807, 2.05) is 24.3 Å². The molecular weight excluding hydrogens is 733 g/mol. The van der Waals surface area contributed by atoms with E-state index < -0.39 is 0 Å². The lowest BCUT2D eigenvalue weighted by atomic mass is 9.84. The summed E-state index contributed by atoms with van der Waals surface area (Å²) >= 11 is 0. The lowest BCUT2D eigenvalue weighted by molar-refractivity contribution is 0.304. The summed E-state index contributed by atoms with van der Waals surface area (Å²) in [5.74, 6) is 4.79. The SMILES string of the molecule is C#Cc1cc(-c2ccc3ccc4cccc5ccc2c3c45)cc(-c2nnc(-c3ccc(OCCCCCCCC)cc3)o2)c1-c1ccc2ccc3cccc4ccc1c2c34. The number of unbranched alkanes of at least 4 members (excludes halogenated alkanes) is 5. The molecule has 0 unspecified atom stereocenters. The van der Waals surface area contributed by atoms with Gasteiger partial charge in [-0.05, 0) is 124 Å². The van der Waals surface area contributed by atoms with Gasteiger partial charge in [-0.3, -0.25) is 0 Å². The summed E-state index contributed by atoms with van der Waals surface area (Å²) in [5.41, 5.74) is 6.38. The van der Waals surface area contributed by atoms with Crippen molar-refractivity contribution < 1.29 is 9.15 Å². The van der Waals surface area contributed by atoms with Gasteiger partial charge in [0, 0.05) is 22.3 Å². The molecule has 0 radical (unpaired) electrons. The maximum atomic E-state index is 6.67. The number of aromatic nitrogens is 2. The molecule has 4 heteroatoms. The fourth-order valence-electron chi connectivity index (χ4n) is 9.53. The number of hydrogen-bond donors (Lipinski definition) is 0. The molecule has 0 bridgehead atoms. The number of hydrogen-bond acceptors (Lipinski definition) is 4. The van der Waals surface area contributed by atoms with E-state index in [-0.39, 0.29) is 0 Å². The van der Waals surface area contributed by atoms with Crippen LogP contribution in [0.5, 0.6) is 5.75 Å². The Bertz CT molecular complexity index is 3370. The number of benzene rings is 10. The van der Waals surface area contributed by atoms with Crippen molar-refractivity contribution >= 4 is 64.6 Å². The first-order chi connectivity index (χ1) is 29.7. The first-order valence-corrected chi connectivity index (χ1v) is 21.2. The van der Waals surface area contributed by atoms with Crippen molar-refractivity contribution in [1.82, 2.24) is 10.2 Å². The molecule has 0 aliphatic heterocycles. The minimum Gasteiger partial charge on any atom is -0.494 e. The second-order valence-corrected chi connectivity index (χ2v) is 16.1. The molecule has 0 N–H and O–H groups in total. The monoisotopic (exact) mass is 774 g/mol. The van der Waals surface area contributed by atoms with Crippen molar-refractivity contribution in [1.29, 1.82) is 0 Å². The van der Waals surface area contributed by atoms with Crippen LogP contribution in [0, 0.1) is 12.3 Å². The zero-order chi connectivity index (χ0) is 40.2. The van der Waals surface area contributed by atoms with Crippen LogP contribution >= 0.6 is 0 Å². The lowest BCUT2D eigenvalue weighted by Crippen LogP contribution is -1.97. The second kappa shape index (κ2) is 14.9. The van der Waals surface area contributed by atoms with Crippen molar-refractivity contribution in [2.75, 3.05) is 6.61 Å². The van der Waals surface area contributed by atoms with Gasteiger partial charge in [0.1, 0.15) is 5.75 Å². The molecule has 1 heterocycles. The molecule has 0 saturated carbocycles. The van der Waals surface area contributed by atoms with Gasteiger partial charge in [-0.2, -0.15) is 0 Å². The lowest BCUT2D eigenvalue weighted by Gasteiger charge is -2.19. The third-order valence-electron chi connectivity index (χ3n) is 12.5. The van der Waals surface area contributed by atoms with Gasteiger partial charge in [0.05, 0.1) is 6.61 Å². The van der Waals surface area contributed by atoms with Crippen LogP contribution in [0.15, 0.2) is 150 Å². The molecule has 0 aliphatic carbocycles. The van der Waals surface area contributed by atoms with Crippen molar-refractivity contribution in [3.8, 4) is 63.3 Å². The van der Waals surface area contributed by atoms with Crippen LogP contribution in [0.4, 0.5) is 0 Å². The number of nitrogens with zero attached hydrogens (tertiary/aromatic N) is 2. The Hall–Kier alpha value is -7.22. The highest BCUT2D eigenvalue weighted by atomic mass is 16.5. The fourth-order valence-corrected chi connectivity index (χ4v) is 9.53. The maximum absolute atomic E-state index is 6.67. The van der Waals surface area contributed by atoms with Crippen molar-refractivity contribution in [2.45, 2.75) is 45.4 Å². The third kappa shape index (κ3) is 6.00. The van der Waals surface area contributed by atoms with Gasteiger partial charge in [0.2, 0.25) is 11.8 Å². The number of rotatable bonds is 12. The average Bonchev–Trinajstić information content (AvgIpc) is 3.80. The van der Waals surface area contributed by atoms with Gasteiger partial charge < -0.3 is 9.15 Å². The molecule has 0 saturated heterocycles. The molecule has 0 aliphatic rings. The smallest absolute Gasteiger partial charge is 0.248 e. The van der Waals surface area contributed by atoms with Crippen LogP contribution in [-0.4, -0.2) is 16.8 Å². The zero-order valence-electron chi connectivity index (χ0n) is 33.6. The predicted octanol–water partition coefficient (Wildman–Crippen LogP) is 15.3. The predicted molar refractivity (Wildman–Crippen MR) is 250 cm³/mol. The Morgan fingerprint density at radius 3 is 1.67 bits per heavy atom. The molecule has 11 rings (SSSR count). The molecule has 11 aromatic rings. The van der Waals surface area contributed by atoms with E-state index in [0.29, 0.717) is 18.4 Å². The van der Waals surface area contributed by atoms with Crippen LogP contribution in [-0.2, 0) is 0 Å². The highest BCUT2D eigenvalue weighted by molar-refractivity contribution is 6.27. The Kier molecular flexibility index (Phi) is 8.89. The molecule has 1 aromatic heterocycles. The fraction of sp³-hybridized carbons (Fsp3) is 0.143. The van der Waals surface area contributed by atoms with Gasteiger partial charge in [-0.25, -0.2) is 0 Å². The molecule has 0 amide bonds. The molecule has 0 fully saturated rings. The summed E-state index contributed by atoms with van der Waals surface area (Å²) in [4.78, 5) is 0. The van der Waals surface area contributed by atoms with Crippen LogP contribution in [0.3, 0.4) is 0 Å². The highest BCUT2D eigenvalue weighted by Gasteiger charge is 2.23. The molecule has 4 nitrogen and oxygen atoms in total. The first kappa shape index (κ1) is 35.9. The Balaban J connectivity index is 1.06. The van der Waals surface area contributed by atoms with Gasteiger partial charge in [-0.15, -0.1) is 16.6 Å². The van der Waals surface area contributed by atoms with Crippen LogP contribution in [0.1, 0.15) is 51.0 Å². The van der Waals surface area contributed by atoms with E-state index in [1.165, 1.54) is 91.4 Å². The molecular formula is C56H42N2O2. The number of ether oxygens (including phenoxy) is 1. The topological polar surface area (TPSA) is 48.2 Å². The van der Waals surface area contributed by atoms with E-state index in [1.54, 1.807) is 0 Å². The van der Waals surface area contributed by atoms with Crippen molar-refractivity contribution in [2.24, 2.45) is 0 Å². The third-order valence-corrected chi connectivity index (χ3v) is 12.5. The largest absolute Gasteiger partial charge is 0.494 e. The minimum absolute atomic E-state index is 0.408. The van der Waals surface area contributed by atoms with Crippen LogP contribution in [0.25, 0.3) is 110 Å². The van der Waals surface area contributed by atoms with E-state index in [2.05, 4.69) is 139 Å². The normalized spacial score (nSPS) is 11.9. The van der Waals surface area contributed by atoms with Crippen molar-refractivity contribution in [3.63, 3.8) is 0 Å². The zero-order valence-corrected chi connectivity index (χ0v) is 33.6. The van der Waals surface area contributed by atoms with E-state index in [4.69, 9.17) is 20.7 Å². The number of terminal acetylenes is 1. The second-order valence-electron chi connectivity index (χ2n) is 16.1. The average molecular weight is 775 g/mol. The summed E-state index contributed by atoms with van der Waals surface area (Å²) in [7, 11) is 0. The summed E-state index contributed by atoms with van der Waals surface area (Å²) in [6.07, 6.45) is 13.9. The first-order valence-electron chi connectivity index (χ1n) is 21.2. The van der Waals surface area contributed by atoms with Gasteiger partial charge >= 0.3 is 0 Å². The summed E-state index contributed by atoms with van der Waals surface area (Å²) in [6.45, 7) is 2.96. The van der Waals surface area contributed by atoms with Gasteiger partial charge in [0.25, 0.3) is 0 Å². The quantitative estimate of drug-likeness (QED) is 0.0705. The molecule has 0 atom stereocenters. The summed E-state index contributed by atoms with van der Waals surface area (Å²) in [5, 5.41) is 23.9.